The first-order chi connectivity index (χ1) is 9.56. The van der Waals surface area contributed by atoms with Crippen LogP contribution in [-0.4, -0.2) is 11.0 Å². The molecule has 0 spiro atoms. The molecular weight excluding hydrogens is 297 g/mol. The number of hydrogen-bond acceptors (Lipinski definition) is 2. The number of hydrogen-bond donors (Lipinski definition) is 2. The van der Waals surface area contributed by atoms with Crippen LogP contribution in [0.5, 0.6) is 0 Å². The predicted octanol–water partition coefficient (Wildman–Crippen LogP) is 3.57. The van der Waals surface area contributed by atoms with E-state index >= 15 is 0 Å². The molecule has 1 unspecified atom stereocenters. The number of carbonyl (C=O) groups is 1. The Hall–Kier alpha value is -1.55. The van der Waals surface area contributed by atoms with Crippen molar-refractivity contribution in [2.75, 3.05) is 5.32 Å². The first-order valence-electron chi connectivity index (χ1n) is 6.11. The number of aliphatic hydroxyl groups is 1. The summed E-state index contributed by atoms with van der Waals surface area (Å²) < 4.78 is 0. The summed E-state index contributed by atoms with van der Waals surface area (Å²) in [5, 5.41) is 14.1. The first-order valence-corrected chi connectivity index (χ1v) is 6.86. The van der Waals surface area contributed by atoms with Crippen LogP contribution in [0.2, 0.25) is 10.0 Å². The maximum atomic E-state index is 11.4. The number of anilines is 1. The van der Waals surface area contributed by atoms with Gasteiger partial charge < -0.3 is 10.4 Å². The van der Waals surface area contributed by atoms with Gasteiger partial charge in [-0.1, -0.05) is 41.4 Å². The number of halogens is 2. The average Bonchev–Trinajstić information content (AvgIpc) is 2.76. The van der Waals surface area contributed by atoms with Crippen molar-refractivity contribution in [1.29, 1.82) is 0 Å². The molecule has 1 aliphatic heterocycles. The molecule has 0 fully saturated rings. The fourth-order valence-electron chi connectivity index (χ4n) is 2.34. The maximum absolute atomic E-state index is 11.4. The molecule has 2 aromatic rings. The summed E-state index contributed by atoms with van der Waals surface area (Å²) >= 11 is 12.3. The SMILES string of the molecule is O=C1Cc2cc(C(O)c3ccccc3Cl)c(Cl)cc2N1. The van der Waals surface area contributed by atoms with E-state index in [1.165, 1.54) is 0 Å². The fourth-order valence-corrected chi connectivity index (χ4v) is 2.85. The molecular formula is C15H11Cl2NO2. The Kier molecular flexibility index (Phi) is 3.42. The van der Waals surface area contributed by atoms with Crippen LogP contribution < -0.4 is 5.32 Å². The Morgan fingerprint density at radius 2 is 1.85 bits per heavy atom. The van der Waals surface area contributed by atoms with Gasteiger partial charge in [0.25, 0.3) is 0 Å². The number of aliphatic hydroxyl groups excluding tert-OH is 1. The highest BCUT2D eigenvalue weighted by atomic mass is 35.5. The van der Waals surface area contributed by atoms with Crippen molar-refractivity contribution in [3.63, 3.8) is 0 Å². The first kappa shape index (κ1) is 13.4. The number of benzene rings is 2. The highest BCUT2D eigenvalue weighted by Crippen LogP contribution is 2.36. The molecule has 0 radical (unpaired) electrons. The summed E-state index contributed by atoms with van der Waals surface area (Å²) in [7, 11) is 0. The lowest BCUT2D eigenvalue weighted by Crippen LogP contribution is -2.03. The number of amides is 1. The zero-order chi connectivity index (χ0) is 14.3. The van der Waals surface area contributed by atoms with Gasteiger partial charge >= 0.3 is 0 Å². The number of rotatable bonds is 2. The van der Waals surface area contributed by atoms with E-state index in [1.807, 2.05) is 0 Å². The third kappa shape index (κ3) is 2.29. The molecule has 0 bridgehead atoms. The summed E-state index contributed by atoms with van der Waals surface area (Å²) in [6.45, 7) is 0. The van der Waals surface area contributed by atoms with Crippen LogP contribution >= 0.6 is 23.2 Å². The molecule has 0 saturated heterocycles. The van der Waals surface area contributed by atoms with Gasteiger partial charge in [0.2, 0.25) is 5.91 Å². The third-order valence-electron chi connectivity index (χ3n) is 3.34. The Morgan fingerprint density at radius 1 is 1.10 bits per heavy atom. The largest absolute Gasteiger partial charge is 0.384 e. The molecule has 0 aliphatic carbocycles. The van der Waals surface area contributed by atoms with E-state index < -0.39 is 6.10 Å². The lowest BCUT2D eigenvalue weighted by Gasteiger charge is -2.16. The van der Waals surface area contributed by atoms with Gasteiger partial charge in [0, 0.05) is 26.9 Å². The molecule has 1 atom stereocenters. The van der Waals surface area contributed by atoms with Crippen LogP contribution in [0, 0.1) is 0 Å². The second-order valence-electron chi connectivity index (χ2n) is 4.68. The summed E-state index contributed by atoms with van der Waals surface area (Å²) in [5.41, 5.74) is 2.68. The van der Waals surface area contributed by atoms with Gasteiger partial charge in [-0.25, -0.2) is 0 Å². The van der Waals surface area contributed by atoms with Gasteiger partial charge in [0.15, 0.2) is 0 Å². The van der Waals surface area contributed by atoms with Crippen molar-refractivity contribution in [3.8, 4) is 0 Å². The smallest absolute Gasteiger partial charge is 0.228 e. The van der Waals surface area contributed by atoms with Gasteiger partial charge in [0.05, 0.1) is 6.42 Å². The Morgan fingerprint density at radius 3 is 2.60 bits per heavy atom. The highest BCUT2D eigenvalue weighted by Gasteiger charge is 2.23. The fraction of sp³-hybridized carbons (Fsp3) is 0.133. The molecule has 1 heterocycles. The molecule has 102 valence electrons. The molecule has 20 heavy (non-hydrogen) atoms. The number of nitrogens with one attached hydrogen (secondary N) is 1. The standard InChI is InChI=1S/C15H11Cl2NO2/c16-11-4-2-1-3-9(11)15(20)10-5-8-6-14(19)18-13(8)7-12(10)17/h1-5,7,15,20H,6H2,(H,18,19). The lowest BCUT2D eigenvalue weighted by molar-refractivity contribution is -0.115. The van der Waals surface area contributed by atoms with Crippen molar-refractivity contribution >= 4 is 34.8 Å². The van der Waals surface area contributed by atoms with E-state index in [2.05, 4.69) is 5.32 Å². The summed E-state index contributed by atoms with van der Waals surface area (Å²) in [4.78, 5) is 11.4. The molecule has 1 aliphatic rings. The van der Waals surface area contributed by atoms with Crippen LogP contribution in [0.25, 0.3) is 0 Å². The summed E-state index contributed by atoms with van der Waals surface area (Å²) in [6, 6.07) is 10.5. The molecule has 3 rings (SSSR count). The van der Waals surface area contributed by atoms with E-state index in [4.69, 9.17) is 23.2 Å². The highest BCUT2D eigenvalue weighted by molar-refractivity contribution is 6.32. The summed E-state index contributed by atoms with van der Waals surface area (Å²) in [5.74, 6) is -0.0690. The Bertz CT molecular complexity index is 700. The van der Waals surface area contributed by atoms with E-state index in [1.54, 1.807) is 36.4 Å². The van der Waals surface area contributed by atoms with Crippen LogP contribution in [0.1, 0.15) is 22.8 Å². The lowest BCUT2D eigenvalue weighted by atomic mass is 9.98. The summed E-state index contributed by atoms with van der Waals surface area (Å²) in [6.07, 6.45) is -0.619. The minimum absolute atomic E-state index is 0.0690. The predicted molar refractivity (Wildman–Crippen MR) is 79.3 cm³/mol. The second-order valence-corrected chi connectivity index (χ2v) is 5.49. The van der Waals surface area contributed by atoms with Crippen molar-refractivity contribution in [3.05, 3.63) is 63.1 Å². The topological polar surface area (TPSA) is 49.3 Å². The van der Waals surface area contributed by atoms with Crippen LogP contribution in [-0.2, 0) is 11.2 Å². The van der Waals surface area contributed by atoms with Crippen molar-refractivity contribution in [2.45, 2.75) is 12.5 Å². The maximum Gasteiger partial charge on any atom is 0.228 e. The zero-order valence-electron chi connectivity index (χ0n) is 10.4. The molecule has 2 N–H and O–H groups in total. The molecule has 2 aromatic carbocycles. The molecule has 5 heteroatoms. The zero-order valence-corrected chi connectivity index (χ0v) is 11.9. The molecule has 1 amide bonds. The van der Waals surface area contributed by atoms with Crippen LogP contribution in [0.3, 0.4) is 0 Å². The third-order valence-corrected chi connectivity index (χ3v) is 4.01. The second kappa shape index (κ2) is 5.09. The number of carbonyl (C=O) groups excluding carboxylic acids is 1. The number of fused-ring (bicyclic) bond motifs is 1. The van der Waals surface area contributed by atoms with Crippen LogP contribution in [0.4, 0.5) is 5.69 Å². The molecule has 3 nitrogen and oxygen atoms in total. The average molecular weight is 308 g/mol. The van der Waals surface area contributed by atoms with Gasteiger partial charge in [-0.3, -0.25) is 4.79 Å². The van der Waals surface area contributed by atoms with E-state index in [0.29, 0.717) is 33.3 Å². The Balaban J connectivity index is 2.05. The van der Waals surface area contributed by atoms with Crippen molar-refractivity contribution < 1.29 is 9.90 Å². The molecule has 0 aromatic heterocycles. The van der Waals surface area contributed by atoms with E-state index in [9.17, 15) is 9.90 Å². The quantitative estimate of drug-likeness (QED) is 0.891. The van der Waals surface area contributed by atoms with Crippen molar-refractivity contribution in [2.24, 2.45) is 0 Å². The van der Waals surface area contributed by atoms with Crippen molar-refractivity contribution in [1.82, 2.24) is 0 Å². The van der Waals surface area contributed by atoms with Crippen LogP contribution in [0.15, 0.2) is 36.4 Å². The van der Waals surface area contributed by atoms with Gasteiger partial charge in [-0.05, 0) is 23.8 Å². The van der Waals surface area contributed by atoms with Gasteiger partial charge in [0.1, 0.15) is 6.10 Å². The van der Waals surface area contributed by atoms with Gasteiger partial charge in [-0.15, -0.1) is 0 Å². The molecule has 0 saturated carbocycles. The van der Waals surface area contributed by atoms with Gasteiger partial charge in [-0.2, -0.15) is 0 Å². The normalized spacial score (nSPS) is 14.8. The Labute approximate surface area is 126 Å². The van der Waals surface area contributed by atoms with E-state index in [-0.39, 0.29) is 5.91 Å². The minimum atomic E-state index is -0.919. The van der Waals surface area contributed by atoms with E-state index in [0.717, 1.165) is 5.56 Å². The minimum Gasteiger partial charge on any atom is -0.384 e. The monoisotopic (exact) mass is 307 g/mol.